The van der Waals surface area contributed by atoms with Crippen molar-refractivity contribution in [3.8, 4) is 0 Å². The van der Waals surface area contributed by atoms with Gasteiger partial charge in [0, 0.05) is 31.4 Å². The molecule has 1 fully saturated rings. The lowest BCUT2D eigenvalue weighted by Gasteiger charge is -2.34. The van der Waals surface area contributed by atoms with Gasteiger partial charge in [-0.15, -0.1) is 0 Å². The van der Waals surface area contributed by atoms with E-state index in [0.29, 0.717) is 38.0 Å². The lowest BCUT2D eigenvalue weighted by molar-refractivity contribution is 0.0954. The van der Waals surface area contributed by atoms with Gasteiger partial charge in [-0.05, 0) is 43.5 Å². The van der Waals surface area contributed by atoms with Gasteiger partial charge >= 0.3 is 0 Å². The molecule has 2 aromatic carbocycles. The van der Waals surface area contributed by atoms with Gasteiger partial charge in [0.15, 0.2) is 0 Å². The van der Waals surface area contributed by atoms with Crippen molar-refractivity contribution < 1.29 is 13.2 Å². The Balaban J connectivity index is 1.64. The van der Waals surface area contributed by atoms with Crippen molar-refractivity contribution in [3.63, 3.8) is 0 Å². The number of hydrogen-bond acceptors (Lipinski definition) is 4. The number of hydrogen-bond donors (Lipinski definition) is 2. The predicted octanol–water partition coefficient (Wildman–Crippen LogP) is 2.77. The van der Waals surface area contributed by atoms with Crippen LogP contribution in [0.3, 0.4) is 0 Å². The molecule has 0 radical (unpaired) electrons. The molecule has 0 aromatic heterocycles. The first-order valence-corrected chi connectivity index (χ1v) is 11.2. The second-order valence-electron chi connectivity index (χ2n) is 6.97. The highest BCUT2D eigenvalue weighted by Gasteiger charge is 2.26. The van der Waals surface area contributed by atoms with Crippen molar-refractivity contribution in [1.82, 2.24) is 10.0 Å². The number of sulfonamides is 1. The van der Waals surface area contributed by atoms with Gasteiger partial charge in [0.05, 0.1) is 10.5 Å². The first kappa shape index (κ1) is 20.4. The molecule has 1 aliphatic rings. The minimum absolute atomic E-state index is 0.0654. The molecular formula is C21H27N3O3S. The van der Waals surface area contributed by atoms with Crippen LogP contribution in [-0.4, -0.2) is 40.0 Å². The van der Waals surface area contributed by atoms with Crippen molar-refractivity contribution in [2.24, 2.45) is 0 Å². The van der Waals surface area contributed by atoms with E-state index >= 15 is 0 Å². The highest BCUT2D eigenvalue weighted by atomic mass is 32.2. The van der Waals surface area contributed by atoms with Crippen LogP contribution in [0.25, 0.3) is 0 Å². The van der Waals surface area contributed by atoms with E-state index in [2.05, 4.69) is 14.9 Å². The second-order valence-corrected chi connectivity index (χ2v) is 8.68. The Hall–Kier alpha value is -2.38. The molecule has 0 saturated carbocycles. The molecule has 1 saturated heterocycles. The largest absolute Gasteiger partial charge is 0.371 e. The minimum atomic E-state index is -3.51. The first-order valence-electron chi connectivity index (χ1n) is 9.71. The topological polar surface area (TPSA) is 78.5 Å². The normalized spacial score (nSPS) is 15.4. The molecule has 2 N–H and O–H groups in total. The van der Waals surface area contributed by atoms with E-state index in [1.54, 1.807) is 30.3 Å². The minimum Gasteiger partial charge on any atom is -0.371 e. The van der Waals surface area contributed by atoms with Gasteiger partial charge in [-0.3, -0.25) is 4.79 Å². The summed E-state index contributed by atoms with van der Waals surface area (Å²) in [7, 11) is -3.51. The third-order valence-corrected chi connectivity index (χ3v) is 6.43. The van der Waals surface area contributed by atoms with Crippen LogP contribution in [0.2, 0.25) is 0 Å². The fourth-order valence-corrected chi connectivity index (χ4v) is 4.73. The molecule has 7 heteroatoms. The summed E-state index contributed by atoms with van der Waals surface area (Å²) in [6.07, 6.45) is 2.27. The molecule has 1 heterocycles. The van der Waals surface area contributed by atoms with E-state index in [9.17, 15) is 13.2 Å². The quantitative estimate of drug-likeness (QED) is 0.748. The van der Waals surface area contributed by atoms with Gasteiger partial charge in [0.25, 0.3) is 5.91 Å². The van der Waals surface area contributed by atoms with E-state index in [1.165, 1.54) is 0 Å². The van der Waals surface area contributed by atoms with Gasteiger partial charge in [0.1, 0.15) is 0 Å². The number of nitrogens with one attached hydrogen (secondary N) is 2. The highest BCUT2D eigenvalue weighted by Crippen LogP contribution is 2.25. The number of carbonyl (C=O) groups excluding carboxylic acids is 1. The van der Waals surface area contributed by atoms with E-state index in [0.717, 1.165) is 12.1 Å². The zero-order valence-electron chi connectivity index (χ0n) is 16.1. The maximum atomic E-state index is 12.5. The Morgan fingerprint density at radius 3 is 2.36 bits per heavy atom. The summed E-state index contributed by atoms with van der Waals surface area (Å²) >= 11 is 0. The van der Waals surface area contributed by atoms with Gasteiger partial charge in [-0.25, -0.2) is 13.1 Å². The second kappa shape index (κ2) is 9.21. The van der Waals surface area contributed by atoms with E-state index < -0.39 is 10.0 Å². The average molecular weight is 402 g/mol. The summed E-state index contributed by atoms with van der Waals surface area (Å²) in [6, 6.07) is 15.9. The monoisotopic (exact) mass is 401 g/mol. The Kier molecular flexibility index (Phi) is 6.70. The zero-order chi connectivity index (χ0) is 20.0. The zero-order valence-corrected chi connectivity index (χ0v) is 16.9. The smallest absolute Gasteiger partial charge is 0.253 e. The van der Waals surface area contributed by atoms with E-state index in [4.69, 9.17) is 0 Å². The van der Waals surface area contributed by atoms with Crippen LogP contribution in [0.4, 0.5) is 5.69 Å². The standard InChI is InChI=1S/C21H27N3O3S/c1-2-14-22-21(25)19-10-6-7-11-20(19)24-15-12-17(13-16-24)23-28(26,27)18-8-4-3-5-9-18/h3-11,17,23H,2,12-16H2,1H3,(H,22,25). The summed E-state index contributed by atoms with van der Waals surface area (Å²) < 4.78 is 27.9. The molecule has 1 aliphatic heterocycles. The number of rotatable bonds is 7. The van der Waals surface area contributed by atoms with Crippen LogP contribution < -0.4 is 14.9 Å². The first-order chi connectivity index (χ1) is 13.5. The van der Waals surface area contributed by atoms with Crippen LogP contribution >= 0.6 is 0 Å². The molecular weight excluding hydrogens is 374 g/mol. The summed E-state index contributed by atoms with van der Waals surface area (Å²) in [5, 5.41) is 2.93. The number of amides is 1. The predicted molar refractivity (Wildman–Crippen MR) is 111 cm³/mol. The number of carbonyl (C=O) groups is 1. The fourth-order valence-electron chi connectivity index (χ4n) is 3.40. The molecule has 0 spiro atoms. The lowest BCUT2D eigenvalue weighted by Crippen LogP contribution is -2.45. The summed E-state index contributed by atoms with van der Waals surface area (Å²) in [6.45, 7) is 4.06. The third kappa shape index (κ3) is 4.91. The maximum absolute atomic E-state index is 12.5. The molecule has 150 valence electrons. The van der Waals surface area contributed by atoms with Crippen molar-refractivity contribution in [3.05, 3.63) is 60.2 Å². The number of para-hydroxylation sites is 1. The molecule has 0 bridgehead atoms. The molecule has 3 rings (SSSR count). The fraction of sp³-hybridized carbons (Fsp3) is 0.381. The molecule has 0 atom stereocenters. The van der Waals surface area contributed by atoms with Crippen LogP contribution in [-0.2, 0) is 10.0 Å². The average Bonchev–Trinajstić information content (AvgIpc) is 2.73. The van der Waals surface area contributed by atoms with Crippen LogP contribution in [0, 0.1) is 0 Å². The Morgan fingerprint density at radius 2 is 1.68 bits per heavy atom. The van der Waals surface area contributed by atoms with Gasteiger partial charge in [-0.1, -0.05) is 37.3 Å². The maximum Gasteiger partial charge on any atom is 0.253 e. The van der Waals surface area contributed by atoms with Crippen molar-refractivity contribution >= 4 is 21.6 Å². The Morgan fingerprint density at radius 1 is 1.04 bits per heavy atom. The Bertz CT molecular complexity index is 892. The van der Waals surface area contributed by atoms with Crippen molar-refractivity contribution in [2.45, 2.75) is 37.1 Å². The third-order valence-electron chi connectivity index (χ3n) is 4.90. The SMILES string of the molecule is CCCNC(=O)c1ccccc1N1CCC(NS(=O)(=O)c2ccccc2)CC1. The summed E-state index contributed by atoms with van der Waals surface area (Å²) in [4.78, 5) is 14.9. The number of nitrogens with zero attached hydrogens (tertiary/aromatic N) is 1. The van der Waals surface area contributed by atoms with Crippen molar-refractivity contribution in [2.75, 3.05) is 24.5 Å². The van der Waals surface area contributed by atoms with Gasteiger partial charge < -0.3 is 10.2 Å². The lowest BCUT2D eigenvalue weighted by atomic mass is 10.0. The molecule has 0 unspecified atom stereocenters. The van der Waals surface area contributed by atoms with Crippen LogP contribution in [0.1, 0.15) is 36.5 Å². The molecule has 2 aromatic rings. The van der Waals surface area contributed by atoms with Gasteiger partial charge in [0.2, 0.25) is 10.0 Å². The summed E-state index contributed by atoms with van der Waals surface area (Å²) in [5.74, 6) is -0.0654. The van der Waals surface area contributed by atoms with E-state index in [-0.39, 0.29) is 16.8 Å². The van der Waals surface area contributed by atoms with Crippen LogP contribution in [0.15, 0.2) is 59.5 Å². The number of anilines is 1. The van der Waals surface area contributed by atoms with Gasteiger partial charge in [-0.2, -0.15) is 0 Å². The molecule has 28 heavy (non-hydrogen) atoms. The van der Waals surface area contributed by atoms with Crippen molar-refractivity contribution in [1.29, 1.82) is 0 Å². The molecule has 1 amide bonds. The van der Waals surface area contributed by atoms with Crippen LogP contribution in [0.5, 0.6) is 0 Å². The summed E-state index contributed by atoms with van der Waals surface area (Å²) in [5.41, 5.74) is 1.57. The number of benzene rings is 2. The molecule has 6 nitrogen and oxygen atoms in total. The van der Waals surface area contributed by atoms with E-state index in [1.807, 2.05) is 31.2 Å². The Labute approximate surface area is 167 Å². The highest BCUT2D eigenvalue weighted by molar-refractivity contribution is 7.89. The molecule has 0 aliphatic carbocycles. The number of piperidine rings is 1.